The van der Waals surface area contributed by atoms with Crippen molar-refractivity contribution < 1.29 is 9.18 Å². The number of rotatable bonds is 1. The maximum absolute atomic E-state index is 13.3. The molecule has 1 saturated heterocycles. The average Bonchev–Trinajstić information content (AvgIpc) is 2.80. The molecule has 0 N–H and O–H groups in total. The van der Waals surface area contributed by atoms with Gasteiger partial charge in [-0.05, 0) is 47.0 Å². The minimum Gasteiger partial charge on any atom is -0.323 e. The molecule has 1 unspecified atom stereocenters. The lowest BCUT2D eigenvalue weighted by atomic mass is 10.1. The lowest BCUT2D eigenvalue weighted by Crippen LogP contribution is -2.34. The maximum Gasteiger partial charge on any atom is 0.255 e. The Bertz CT molecular complexity index is 498. The molecule has 0 aliphatic carbocycles. The molecular formula is C12H10BrFN2O. The molecule has 17 heavy (non-hydrogen) atoms. The molecule has 2 rings (SSSR count). The summed E-state index contributed by atoms with van der Waals surface area (Å²) < 4.78 is 13.6. The zero-order valence-electron chi connectivity index (χ0n) is 8.99. The fourth-order valence-corrected chi connectivity index (χ4v) is 2.19. The van der Waals surface area contributed by atoms with Crippen molar-refractivity contribution in [2.24, 2.45) is 0 Å². The minimum absolute atomic E-state index is 0.277. The maximum atomic E-state index is 13.3. The zero-order valence-corrected chi connectivity index (χ0v) is 10.6. The van der Waals surface area contributed by atoms with Crippen LogP contribution in [0, 0.1) is 17.1 Å². The van der Waals surface area contributed by atoms with E-state index in [1.54, 1.807) is 6.07 Å². The second kappa shape index (κ2) is 4.84. The van der Waals surface area contributed by atoms with Gasteiger partial charge in [0.15, 0.2) is 0 Å². The van der Waals surface area contributed by atoms with Gasteiger partial charge in [0.05, 0.1) is 10.5 Å². The van der Waals surface area contributed by atoms with E-state index in [9.17, 15) is 9.18 Å². The van der Waals surface area contributed by atoms with Crippen LogP contribution in [0.25, 0.3) is 0 Å². The summed E-state index contributed by atoms with van der Waals surface area (Å²) >= 11 is 3.04. The summed E-state index contributed by atoms with van der Waals surface area (Å²) in [7, 11) is 0. The van der Waals surface area contributed by atoms with Gasteiger partial charge < -0.3 is 4.90 Å². The lowest BCUT2D eigenvalue weighted by molar-refractivity contribution is 0.0764. The monoisotopic (exact) mass is 296 g/mol. The predicted octanol–water partition coefficient (Wildman–Crippen LogP) is 2.72. The topological polar surface area (TPSA) is 44.1 Å². The molecule has 1 amide bonds. The molecule has 1 aliphatic heterocycles. The Kier molecular flexibility index (Phi) is 3.43. The van der Waals surface area contributed by atoms with Gasteiger partial charge in [0, 0.05) is 12.1 Å². The van der Waals surface area contributed by atoms with E-state index in [0.717, 1.165) is 6.42 Å². The Balaban J connectivity index is 2.25. The van der Waals surface area contributed by atoms with Gasteiger partial charge in [0.2, 0.25) is 0 Å². The van der Waals surface area contributed by atoms with Crippen molar-refractivity contribution in [3.63, 3.8) is 0 Å². The van der Waals surface area contributed by atoms with E-state index in [4.69, 9.17) is 5.26 Å². The molecule has 1 aromatic carbocycles. The van der Waals surface area contributed by atoms with E-state index in [1.165, 1.54) is 17.0 Å². The van der Waals surface area contributed by atoms with Gasteiger partial charge in [-0.3, -0.25) is 4.79 Å². The number of carbonyl (C=O) groups is 1. The SMILES string of the molecule is N#CC1CCCN1C(=O)c1ccc(Br)c(F)c1. The lowest BCUT2D eigenvalue weighted by Gasteiger charge is -2.19. The van der Waals surface area contributed by atoms with Crippen LogP contribution in [-0.2, 0) is 0 Å². The molecule has 1 atom stereocenters. The Hall–Kier alpha value is -1.41. The van der Waals surface area contributed by atoms with Crippen LogP contribution in [0.3, 0.4) is 0 Å². The standard InChI is InChI=1S/C12H10BrFN2O/c13-10-4-3-8(6-11(10)14)12(17)16-5-1-2-9(16)7-15/h3-4,6,9H,1-2,5H2. The zero-order chi connectivity index (χ0) is 12.4. The first kappa shape index (κ1) is 12.1. The number of likely N-dealkylation sites (tertiary alicyclic amines) is 1. The molecule has 0 bridgehead atoms. The van der Waals surface area contributed by atoms with E-state index >= 15 is 0 Å². The fraction of sp³-hybridized carbons (Fsp3) is 0.333. The van der Waals surface area contributed by atoms with Crippen molar-refractivity contribution in [2.45, 2.75) is 18.9 Å². The van der Waals surface area contributed by atoms with Crippen LogP contribution in [0.1, 0.15) is 23.2 Å². The van der Waals surface area contributed by atoms with Crippen LogP contribution in [0.15, 0.2) is 22.7 Å². The van der Waals surface area contributed by atoms with Gasteiger partial charge in [-0.2, -0.15) is 5.26 Å². The van der Waals surface area contributed by atoms with Crippen LogP contribution in [0.2, 0.25) is 0 Å². The Morgan fingerprint density at radius 2 is 2.35 bits per heavy atom. The van der Waals surface area contributed by atoms with E-state index < -0.39 is 5.82 Å². The van der Waals surface area contributed by atoms with Crippen LogP contribution in [0.5, 0.6) is 0 Å². The molecular weight excluding hydrogens is 287 g/mol. The highest BCUT2D eigenvalue weighted by Gasteiger charge is 2.29. The number of benzene rings is 1. The summed E-state index contributed by atoms with van der Waals surface area (Å²) in [6.07, 6.45) is 1.52. The summed E-state index contributed by atoms with van der Waals surface area (Å²) in [5.41, 5.74) is 0.285. The number of hydrogen-bond donors (Lipinski definition) is 0. The third-order valence-electron chi connectivity index (χ3n) is 2.83. The quantitative estimate of drug-likeness (QED) is 0.800. The first-order valence-corrected chi connectivity index (χ1v) is 6.08. The molecule has 1 fully saturated rings. The van der Waals surface area contributed by atoms with Gasteiger partial charge >= 0.3 is 0 Å². The second-order valence-electron chi connectivity index (χ2n) is 3.91. The van der Waals surface area contributed by atoms with Crippen LogP contribution in [0.4, 0.5) is 4.39 Å². The average molecular weight is 297 g/mol. The first-order chi connectivity index (χ1) is 8.13. The van der Waals surface area contributed by atoms with Crippen molar-refractivity contribution in [1.29, 1.82) is 5.26 Å². The molecule has 5 heteroatoms. The number of nitrogens with zero attached hydrogens (tertiary/aromatic N) is 2. The molecule has 0 radical (unpaired) electrons. The van der Waals surface area contributed by atoms with Crippen LogP contribution >= 0.6 is 15.9 Å². The van der Waals surface area contributed by atoms with Crippen molar-refractivity contribution in [2.75, 3.05) is 6.54 Å². The van der Waals surface area contributed by atoms with Crippen molar-refractivity contribution in [3.8, 4) is 6.07 Å². The number of carbonyl (C=O) groups excluding carboxylic acids is 1. The predicted molar refractivity (Wildman–Crippen MR) is 63.8 cm³/mol. The van der Waals surface area contributed by atoms with Gasteiger partial charge in [0.1, 0.15) is 11.9 Å². The summed E-state index contributed by atoms with van der Waals surface area (Å²) in [5.74, 6) is -0.746. The Labute approximate surface area is 107 Å². The van der Waals surface area contributed by atoms with Crippen molar-refractivity contribution in [1.82, 2.24) is 4.90 Å². The number of amides is 1. The van der Waals surface area contributed by atoms with E-state index in [2.05, 4.69) is 22.0 Å². The van der Waals surface area contributed by atoms with E-state index in [1.807, 2.05) is 0 Å². The number of hydrogen-bond acceptors (Lipinski definition) is 2. The molecule has 0 aromatic heterocycles. The molecule has 0 spiro atoms. The summed E-state index contributed by atoms with van der Waals surface area (Å²) in [6.45, 7) is 0.564. The number of halogens is 2. The van der Waals surface area contributed by atoms with Crippen LogP contribution < -0.4 is 0 Å². The normalized spacial score (nSPS) is 19.1. The van der Waals surface area contributed by atoms with Crippen molar-refractivity contribution >= 4 is 21.8 Å². The minimum atomic E-state index is -0.469. The third kappa shape index (κ3) is 2.32. The first-order valence-electron chi connectivity index (χ1n) is 5.29. The van der Waals surface area contributed by atoms with Crippen LogP contribution in [-0.4, -0.2) is 23.4 Å². The summed E-state index contributed by atoms with van der Waals surface area (Å²) in [6, 6.07) is 5.96. The van der Waals surface area contributed by atoms with Gasteiger partial charge in [0.25, 0.3) is 5.91 Å². The Morgan fingerprint density at radius 1 is 1.59 bits per heavy atom. The molecule has 0 saturated carbocycles. The summed E-state index contributed by atoms with van der Waals surface area (Å²) in [5, 5.41) is 8.91. The highest BCUT2D eigenvalue weighted by atomic mass is 79.9. The second-order valence-corrected chi connectivity index (χ2v) is 4.77. The largest absolute Gasteiger partial charge is 0.323 e. The fourth-order valence-electron chi connectivity index (χ4n) is 1.94. The van der Waals surface area contributed by atoms with Gasteiger partial charge in [-0.15, -0.1) is 0 Å². The third-order valence-corrected chi connectivity index (χ3v) is 3.47. The molecule has 88 valence electrons. The summed E-state index contributed by atoms with van der Waals surface area (Å²) in [4.78, 5) is 13.6. The molecule has 1 aromatic rings. The van der Waals surface area contributed by atoms with Gasteiger partial charge in [-0.25, -0.2) is 4.39 Å². The molecule has 3 nitrogen and oxygen atoms in total. The number of nitriles is 1. The van der Waals surface area contributed by atoms with E-state index in [0.29, 0.717) is 17.4 Å². The Morgan fingerprint density at radius 3 is 3.00 bits per heavy atom. The van der Waals surface area contributed by atoms with Crippen molar-refractivity contribution in [3.05, 3.63) is 34.1 Å². The molecule has 1 aliphatic rings. The van der Waals surface area contributed by atoms with Gasteiger partial charge in [-0.1, -0.05) is 0 Å². The smallest absolute Gasteiger partial charge is 0.255 e. The van der Waals surface area contributed by atoms with E-state index in [-0.39, 0.29) is 17.5 Å². The highest BCUT2D eigenvalue weighted by molar-refractivity contribution is 9.10. The highest BCUT2D eigenvalue weighted by Crippen LogP contribution is 2.22. The molecule has 1 heterocycles.